The Morgan fingerprint density at radius 2 is 2.17 bits per heavy atom. The summed E-state index contributed by atoms with van der Waals surface area (Å²) in [4.78, 5) is 24.6. The topological polar surface area (TPSA) is 88.0 Å². The SMILES string of the molecule is Nc1cc2c(c(=O)[nH]1)CNC2=O. The first-order chi connectivity index (χ1) is 5.68. The second-order valence-corrected chi connectivity index (χ2v) is 2.63. The van der Waals surface area contributed by atoms with Crippen molar-refractivity contribution >= 4 is 11.7 Å². The third kappa shape index (κ3) is 0.795. The van der Waals surface area contributed by atoms with E-state index in [9.17, 15) is 9.59 Å². The normalized spacial score (nSPS) is 14.2. The molecule has 0 aliphatic carbocycles. The van der Waals surface area contributed by atoms with E-state index in [0.717, 1.165) is 0 Å². The fraction of sp³-hybridized carbons (Fsp3) is 0.143. The number of pyridine rings is 1. The predicted octanol–water partition coefficient (Wildman–Crippen LogP) is -0.800. The lowest BCUT2D eigenvalue weighted by Crippen LogP contribution is -2.14. The summed E-state index contributed by atoms with van der Waals surface area (Å²) in [5, 5.41) is 2.54. The molecule has 1 aromatic heterocycles. The maximum absolute atomic E-state index is 11.1. The molecular weight excluding hydrogens is 158 g/mol. The predicted molar refractivity (Wildman–Crippen MR) is 42.6 cm³/mol. The highest BCUT2D eigenvalue weighted by Gasteiger charge is 2.21. The number of nitrogens with two attached hydrogens (primary N) is 1. The zero-order chi connectivity index (χ0) is 8.72. The summed E-state index contributed by atoms with van der Waals surface area (Å²) in [6.45, 7) is 0.295. The van der Waals surface area contributed by atoms with Gasteiger partial charge in [0.15, 0.2) is 0 Å². The summed E-state index contributed by atoms with van der Waals surface area (Å²) in [6, 6.07) is 1.47. The molecule has 0 fully saturated rings. The minimum absolute atomic E-state index is 0.218. The standard InChI is InChI=1S/C7H7N3O2/c8-5-1-3-4(7(12)10-5)2-9-6(3)11/h1H,2H2,(H,9,11)(H3,8,10,12). The van der Waals surface area contributed by atoms with Crippen LogP contribution in [0.1, 0.15) is 15.9 Å². The zero-order valence-corrected chi connectivity index (χ0v) is 6.18. The number of rotatable bonds is 0. The van der Waals surface area contributed by atoms with Crippen molar-refractivity contribution in [2.75, 3.05) is 5.73 Å². The van der Waals surface area contributed by atoms with Crippen molar-refractivity contribution in [1.82, 2.24) is 10.3 Å². The number of fused-ring (bicyclic) bond motifs is 1. The second-order valence-electron chi connectivity index (χ2n) is 2.63. The molecule has 62 valence electrons. The Bertz CT molecular complexity index is 408. The van der Waals surface area contributed by atoms with Gasteiger partial charge in [-0.05, 0) is 6.07 Å². The summed E-state index contributed by atoms with van der Waals surface area (Å²) in [5.74, 6) is -0.0152. The van der Waals surface area contributed by atoms with Crippen molar-refractivity contribution in [2.24, 2.45) is 0 Å². The number of anilines is 1. The van der Waals surface area contributed by atoms with Crippen molar-refractivity contribution in [3.8, 4) is 0 Å². The molecule has 12 heavy (non-hydrogen) atoms. The number of carbonyl (C=O) groups excluding carboxylic acids is 1. The van der Waals surface area contributed by atoms with Gasteiger partial charge in [0.1, 0.15) is 5.82 Å². The van der Waals surface area contributed by atoms with Crippen LogP contribution in [-0.4, -0.2) is 10.9 Å². The van der Waals surface area contributed by atoms with Crippen LogP contribution in [0.15, 0.2) is 10.9 Å². The highest BCUT2D eigenvalue weighted by Crippen LogP contribution is 2.11. The van der Waals surface area contributed by atoms with E-state index in [2.05, 4.69) is 10.3 Å². The minimum atomic E-state index is -0.289. The second kappa shape index (κ2) is 2.10. The molecule has 5 nitrogen and oxygen atoms in total. The molecule has 2 heterocycles. The van der Waals surface area contributed by atoms with Gasteiger partial charge in [-0.3, -0.25) is 9.59 Å². The third-order valence-electron chi connectivity index (χ3n) is 1.83. The average molecular weight is 165 g/mol. The molecule has 5 heteroatoms. The van der Waals surface area contributed by atoms with Gasteiger partial charge in [-0.2, -0.15) is 0 Å². The first-order valence-electron chi connectivity index (χ1n) is 3.48. The van der Waals surface area contributed by atoms with E-state index in [4.69, 9.17) is 5.73 Å². The van der Waals surface area contributed by atoms with Gasteiger partial charge < -0.3 is 16.0 Å². The Morgan fingerprint density at radius 3 is 2.92 bits per heavy atom. The van der Waals surface area contributed by atoms with Crippen molar-refractivity contribution in [3.05, 3.63) is 27.5 Å². The number of amides is 1. The molecule has 0 radical (unpaired) electrons. The number of H-pyrrole nitrogens is 1. The Kier molecular flexibility index (Phi) is 1.21. The summed E-state index contributed by atoms with van der Waals surface area (Å²) in [5.41, 5.74) is 5.92. The van der Waals surface area contributed by atoms with E-state index < -0.39 is 0 Å². The molecule has 0 atom stereocenters. The van der Waals surface area contributed by atoms with E-state index >= 15 is 0 Å². The van der Waals surface area contributed by atoms with Gasteiger partial charge in [0, 0.05) is 12.1 Å². The zero-order valence-electron chi connectivity index (χ0n) is 6.18. The van der Waals surface area contributed by atoms with Crippen molar-refractivity contribution in [1.29, 1.82) is 0 Å². The highest BCUT2D eigenvalue weighted by molar-refractivity contribution is 5.98. The van der Waals surface area contributed by atoms with Crippen LogP contribution in [0.4, 0.5) is 5.82 Å². The van der Waals surface area contributed by atoms with Crippen molar-refractivity contribution in [3.63, 3.8) is 0 Å². The molecule has 4 N–H and O–H groups in total. The quantitative estimate of drug-likeness (QED) is 0.470. The number of carbonyl (C=O) groups is 1. The molecule has 1 aliphatic rings. The van der Waals surface area contributed by atoms with Gasteiger partial charge in [-0.25, -0.2) is 0 Å². The molecule has 0 spiro atoms. The van der Waals surface area contributed by atoms with Crippen LogP contribution in [0, 0.1) is 0 Å². The van der Waals surface area contributed by atoms with E-state index in [0.29, 0.717) is 17.7 Å². The summed E-state index contributed by atoms with van der Waals surface area (Å²) < 4.78 is 0. The third-order valence-corrected chi connectivity index (χ3v) is 1.83. The molecule has 0 unspecified atom stereocenters. The average Bonchev–Trinajstić information content (AvgIpc) is 2.33. The minimum Gasteiger partial charge on any atom is -0.385 e. The highest BCUT2D eigenvalue weighted by atomic mass is 16.2. The molecule has 1 aromatic rings. The molecule has 0 saturated heterocycles. The number of nitrogens with one attached hydrogen (secondary N) is 2. The van der Waals surface area contributed by atoms with Gasteiger partial charge in [-0.15, -0.1) is 0 Å². The summed E-state index contributed by atoms with van der Waals surface area (Å²) in [6.07, 6.45) is 0. The van der Waals surface area contributed by atoms with E-state index in [1.807, 2.05) is 0 Å². The largest absolute Gasteiger partial charge is 0.385 e. The van der Waals surface area contributed by atoms with Crippen molar-refractivity contribution in [2.45, 2.75) is 6.54 Å². The van der Waals surface area contributed by atoms with E-state index in [-0.39, 0.29) is 17.3 Å². The first-order valence-corrected chi connectivity index (χ1v) is 3.48. The number of aromatic amines is 1. The van der Waals surface area contributed by atoms with Crippen molar-refractivity contribution < 1.29 is 4.79 Å². The van der Waals surface area contributed by atoms with E-state index in [1.165, 1.54) is 6.07 Å². The van der Waals surface area contributed by atoms with Crippen LogP contribution in [0.25, 0.3) is 0 Å². The smallest absolute Gasteiger partial charge is 0.255 e. The molecule has 0 aromatic carbocycles. The molecule has 2 rings (SSSR count). The molecule has 0 bridgehead atoms. The number of nitrogen functional groups attached to an aromatic ring is 1. The maximum atomic E-state index is 11.1. The maximum Gasteiger partial charge on any atom is 0.255 e. The van der Waals surface area contributed by atoms with E-state index in [1.54, 1.807) is 0 Å². The first kappa shape index (κ1) is 6.90. The van der Waals surface area contributed by atoms with Crippen LogP contribution in [0.5, 0.6) is 0 Å². The molecule has 1 amide bonds. The van der Waals surface area contributed by atoms with Crippen LogP contribution in [0.3, 0.4) is 0 Å². The monoisotopic (exact) mass is 165 g/mol. The fourth-order valence-electron chi connectivity index (χ4n) is 1.25. The summed E-state index contributed by atoms with van der Waals surface area (Å²) >= 11 is 0. The van der Waals surface area contributed by atoms with Gasteiger partial charge in [0.2, 0.25) is 0 Å². The van der Waals surface area contributed by atoms with Gasteiger partial charge >= 0.3 is 0 Å². The number of hydrogen-bond donors (Lipinski definition) is 3. The molecule has 0 saturated carbocycles. The number of aromatic nitrogens is 1. The Labute approximate surface area is 67.6 Å². The molecule has 1 aliphatic heterocycles. The lowest BCUT2D eigenvalue weighted by Gasteiger charge is -1.95. The molecular formula is C7H7N3O2. The lowest BCUT2D eigenvalue weighted by atomic mass is 10.2. The van der Waals surface area contributed by atoms with Crippen LogP contribution < -0.4 is 16.6 Å². The van der Waals surface area contributed by atoms with Gasteiger partial charge in [0.25, 0.3) is 11.5 Å². The number of hydrogen-bond acceptors (Lipinski definition) is 3. The Hall–Kier alpha value is -1.78. The Balaban J connectivity index is 2.76. The van der Waals surface area contributed by atoms with Gasteiger partial charge in [0.05, 0.1) is 5.56 Å². The fourth-order valence-corrected chi connectivity index (χ4v) is 1.25. The lowest BCUT2D eigenvalue weighted by molar-refractivity contribution is 0.0966. The summed E-state index contributed by atoms with van der Waals surface area (Å²) in [7, 11) is 0. The van der Waals surface area contributed by atoms with Crippen LogP contribution in [0.2, 0.25) is 0 Å². The van der Waals surface area contributed by atoms with Gasteiger partial charge in [-0.1, -0.05) is 0 Å². The van der Waals surface area contributed by atoms with Crippen LogP contribution in [-0.2, 0) is 6.54 Å². The Morgan fingerprint density at radius 1 is 1.42 bits per heavy atom. The van der Waals surface area contributed by atoms with Crippen LogP contribution >= 0.6 is 0 Å².